The summed E-state index contributed by atoms with van der Waals surface area (Å²) in [6, 6.07) is 3.61. The zero-order valence-corrected chi connectivity index (χ0v) is 15.8. The molecule has 3 aromatic heterocycles. The summed E-state index contributed by atoms with van der Waals surface area (Å²) < 4.78 is 5.07. The van der Waals surface area contributed by atoms with Crippen molar-refractivity contribution in [2.24, 2.45) is 0 Å². The summed E-state index contributed by atoms with van der Waals surface area (Å²) >= 11 is 1.61. The Bertz CT molecular complexity index is 1060. The van der Waals surface area contributed by atoms with Gasteiger partial charge in [0.2, 0.25) is 11.8 Å². The van der Waals surface area contributed by atoms with Crippen LogP contribution in [0.3, 0.4) is 0 Å². The Morgan fingerprint density at radius 1 is 1.41 bits per heavy atom. The molecule has 0 aliphatic heterocycles. The average Bonchev–Trinajstić information content (AvgIpc) is 3.25. The number of carbonyl (C=O) groups excluding carboxylic acids is 1. The van der Waals surface area contributed by atoms with E-state index >= 15 is 0 Å². The van der Waals surface area contributed by atoms with E-state index in [0.29, 0.717) is 24.7 Å². The highest BCUT2D eigenvalue weighted by Gasteiger charge is 2.21. The molecule has 140 valence electrons. The molecule has 27 heavy (non-hydrogen) atoms. The van der Waals surface area contributed by atoms with Gasteiger partial charge in [-0.15, -0.1) is 11.3 Å². The second-order valence-corrected chi connectivity index (χ2v) is 7.62. The van der Waals surface area contributed by atoms with Crippen molar-refractivity contribution in [1.82, 2.24) is 20.3 Å². The van der Waals surface area contributed by atoms with Crippen LogP contribution in [0.15, 0.2) is 23.1 Å². The Morgan fingerprint density at radius 3 is 3.15 bits per heavy atom. The number of hydrogen-bond donors (Lipinski definition) is 2. The molecule has 3 aromatic rings. The van der Waals surface area contributed by atoms with Crippen LogP contribution in [-0.2, 0) is 30.6 Å². The zero-order chi connectivity index (χ0) is 18.8. The first kappa shape index (κ1) is 17.7. The maximum atomic E-state index is 12.4. The molecule has 0 fully saturated rings. The Balaban J connectivity index is 1.38. The van der Waals surface area contributed by atoms with Crippen molar-refractivity contribution >= 4 is 27.5 Å². The number of aryl methyl sites for hydroxylation is 3. The van der Waals surface area contributed by atoms with E-state index in [4.69, 9.17) is 4.74 Å². The highest BCUT2D eigenvalue weighted by atomic mass is 32.1. The lowest BCUT2D eigenvalue weighted by atomic mass is 10.2. The fraction of sp³-hybridized carbons (Fsp3) is 0.368. The molecule has 1 aliphatic rings. The van der Waals surface area contributed by atoms with Crippen molar-refractivity contribution in [2.75, 3.05) is 7.11 Å². The second kappa shape index (κ2) is 7.48. The van der Waals surface area contributed by atoms with Crippen LogP contribution in [0.25, 0.3) is 10.2 Å². The maximum absolute atomic E-state index is 12.4. The molecule has 0 saturated carbocycles. The van der Waals surface area contributed by atoms with E-state index < -0.39 is 0 Å². The first-order valence-electron chi connectivity index (χ1n) is 8.93. The van der Waals surface area contributed by atoms with Gasteiger partial charge in [0.15, 0.2) is 0 Å². The highest BCUT2D eigenvalue weighted by molar-refractivity contribution is 7.18. The second-order valence-electron chi connectivity index (χ2n) is 6.53. The lowest BCUT2D eigenvalue weighted by molar-refractivity contribution is -0.121. The number of ether oxygens (including phenoxy) is 1. The number of thiophene rings is 1. The number of H-pyrrole nitrogens is 1. The van der Waals surface area contributed by atoms with Crippen LogP contribution in [0.1, 0.15) is 34.7 Å². The monoisotopic (exact) mass is 384 g/mol. The maximum Gasteiger partial charge on any atom is 0.259 e. The van der Waals surface area contributed by atoms with Crippen LogP contribution >= 0.6 is 11.3 Å². The zero-order valence-electron chi connectivity index (χ0n) is 15.0. The number of nitrogens with one attached hydrogen (secondary N) is 2. The minimum Gasteiger partial charge on any atom is -0.481 e. The van der Waals surface area contributed by atoms with Crippen molar-refractivity contribution in [1.29, 1.82) is 0 Å². The normalized spacial score (nSPS) is 12.9. The number of aromatic nitrogens is 3. The molecule has 2 N–H and O–H groups in total. The fourth-order valence-electron chi connectivity index (χ4n) is 3.36. The minimum atomic E-state index is -0.0952. The van der Waals surface area contributed by atoms with E-state index in [1.54, 1.807) is 30.7 Å². The first-order chi connectivity index (χ1) is 13.1. The molecule has 1 aliphatic carbocycles. The number of carbonyl (C=O) groups is 1. The third-order valence-electron chi connectivity index (χ3n) is 4.71. The molecule has 3 heterocycles. The number of fused-ring (bicyclic) bond motifs is 3. The molecule has 4 rings (SSSR count). The Kier molecular flexibility index (Phi) is 4.89. The van der Waals surface area contributed by atoms with E-state index in [-0.39, 0.29) is 17.9 Å². The number of nitrogens with zero attached hydrogens (tertiary/aromatic N) is 2. The number of amides is 1. The van der Waals surface area contributed by atoms with Gasteiger partial charge in [0.25, 0.3) is 5.56 Å². The smallest absolute Gasteiger partial charge is 0.259 e. The molecule has 7 nitrogen and oxygen atoms in total. The number of hydrogen-bond acceptors (Lipinski definition) is 6. The largest absolute Gasteiger partial charge is 0.481 e. The summed E-state index contributed by atoms with van der Waals surface area (Å²) in [6.07, 6.45) is 5.42. The molecule has 0 atom stereocenters. The fourth-order valence-corrected chi connectivity index (χ4v) is 4.64. The van der Waals surface area contributed by atoms with Gasteiger partial charge in [-0.25, -0.2) is 9.97 Å². The Labute approximate surface area is 159 Å². The molecule has 0 unspecified atom stereocenters. The van der Waals surface area contributed by atoms with Crippen LogP contribution in [-0.4, -0.2) is 28.0 Å². The van der Waals surface area contributed by atoms with Gasteiger partial charge in [-0.05, 0) is 36.5 Å². The van der Waals surface area contributed by atoms with E-state index in [9.17, 15) is 9.59 Å². The third-order valence-corrected chi connectivity index (χ3v) is 5.90. The SMILES string of the molecule is COc1cc(CNC(=O)CCc2nc3sc4c(c3c(=O)[nH]2)CCC4)ccn1. The van der Waals surface area contributed by atoms with Crippen molar-refractivity contribution in [3.05, 3.63) is 50.5 Å². The first-order valence-corrected chi connectivity index (χ1v) is 9.75. The number of pyridine rings is 1. The molecule has 0 saturated heterocycles. The van der Waals surface area contributed by atoms with Crippen molar-refractivity contribution in [3.8, 4) is 5.88 Å². The van der Waals surface area contributed by atoms with Crippen LogP contribution in [0.4, 0.5) is 0 Å². The van der Waals surface area contributed by atoms with Crippen LogP contribution < -0.4 is 15.6 Å². The van der Waals surface area contributed by atoms with Gasteiger partial charge in [-0.2, -0.15) is 0 Å². The molecule has 0 bridgehead atoms. The van der Waals surface area contributed by atoms with E-state index in [2.05, 4.69) is 20.3 Å². The van der Waals surface area contributed by atoms with Gasteiger partial charge in [0, 0.05) is 36.5 Å². The molecular formula is C19H20N4O3S. The minimum absolute atomic E-state index is 0.0845. The molecular weight excluding hydrogens is 364 g/mol. The molecule has 0 aromatic carbocycles. The van der Waals surface area contributed by atoms with Crippen molar-refractivity contribution in [2.45, 2.75) is 38.6 Å². The number of methoxy groups -OCH3 is 1. The number of rotatable bonds is 6. The van der Waals surface area contributed by atoms with Crippen LogP contribution in [0.5, 0.6) is 5.88 Å². The Morgan fingerprint density at radius 2 is 2.30 bits per heavy atom. The topological polar surface area (TPSA) is 97.0 Å². The van der Waals surface area contributed by atoms with Gasteiger partial charge in [-0.3, -0.25) is 9.59 Å². The lowest BCUT2D eigenvalue weighted by Crippen LogP contribution is -2.23. The summed E-state index contributed by atoms with van der Waals surface area (Å²) in [5, 5.41) is 3.61. The molecule has 0 radical (unpaired) electrons. The van der Waals surface area contributed by atoms with Crippen LogP contribution in [0, 0.1) is 0 Å². The summed E-state index contributed by atoms with van der Waals surface area (Å²) in [5.41, 5.74) is 2.00. The van der Waals surface area contributed by atoms with Gasteiger partial charge in [-0.1, -0.05) is 0 Å². The lowest BCUT2D eigenvalue weighted by Gasteiger charge is -2.06. The molecule has 8 heteroatoms. The van der Waals surface area contributed by atoms with Crippen LogP contribution in [0.2, 0.25) is 0 Å². The summed E-state index contributed by atoms with van der Waals surface area (Å²) in [5.74, 6) is 0.982. The highest BCUT2D eigenvalue weighted by Crippen LogP contribution is 2.34. The average molecular weight is 384 g/mol. The Hall–Kier alpha value is -2.74. The molecule has 0 spiro atoms. The van der Waals surface area contributed by atoms with Gasteiger partial charge in [0.1, 0.15) is 10.7 Å². The molecule has 1 amide bonds. The van der Waals surface area contributed by atoms with E-state index in [1.807, 2.05) is 6.07 Å². The van der Waals surface area contributed by atoms with Gasteiger partial charge in [0.05, 0.1) is 12.5 Å². The summed E-state index contributed by atoms with van der Waals surface area (Å²) in [4.78, 5) is 38.1. The van der Waals surface area contributed by atoms with Crippen molar-refractivity contribution < 1.29 is 9.53 Å². The summed E-state index contributed by atoms with van der Waals surface area (Å²) in [6.45, 7) is 0.401. The predicted molar refractivity (Wildman–Crippen MR) is 103 cm³/mol. The summed E-state index contributed by atoms with van der Waals surface area (Å²) in [7, 11) is 1.55. The number of aromatic amines is 1. The third kappa shape index (κ3) is 3.71. The quantitative estimate of drug-likeness (QED) is 0.679. The van der Waals surface area contributed by atoms with Crippen molar-refractivity contribution in [3.63, 3.8) is 0 Å². The van der Waals surface area contributed by atoms with E-state index in [1.165, 1.54) is 10.4 Å². The van der Waals surface area contributed by atoms with Gasteiger partial charge < -0.3 is 15.0 Å². The van der Waals surface area contributed by atoms with Gasteiger partial charge >= 0.3 is 0 Å². The standard InChI is InChI=1S/C19H20N4O3S/c1-26-16-9-11(7-8-20-16)10-21-15(24)6-5-14-22-18(25)17-12-3-2-4-13(12)27-19(17)23-14/h7-9H,2-6,10H2,1H3,(H,21,24)(H,22,23,25). The van der Waals surface area contributed by atoms with E-state index in [0.717, 1.165) is 35.0 Å². The predicted octanol–water partition coefficient (Wildman–Crippen LogP) is 2.13.